The van der Waals surface area contributed by atoms with Crippen LogP contribution in [-0.2, 0) is 0 Å². The molecule has 0 aromatic heterocycles. The lowest BCUT2D eigenvalue weighted by Crippen LogP contribution is -2.46. The Kier molecular flexibility index (Phi) is 4.31. The quantitative estimate of drug-likeness (QED) is 0.685. The Morgan fingerprint density at radius 2 is 2.14 bits per heavy atom. The first-order valence-electron chi connectivity index (χ1n) is 7.55. The molecule has 0 unspecified atom stereocenters. The third-order valence-corrected chi connectivity index (χ3v) is 4.81. The fraction of sp³-hybridized carbons (Fsp3) is 0.533. The van der Waals surface area contributed by atoms with Crippen LogP contribution < -0.4 is 5.32 Å². The summed E-state index contributed by atoms with van der Waals surface area (Å²) in [7, 11) is 0. The van der Waals surface area contributed by atoms with Gasteiger partial charge in [0.2, 0.25) is 0 Å². The van der Waals surface area contributed by atoms with E-state index in [9.17, 15) is 14.9 Å². The molecular weight excluding hydrogens is 306 g/mol. The monoisotopic (exact) mass is 323 g/mol. The summed E-state index contributed by atoms with van der Waals surface area (Å²) < 4.78 is 0. The lowest BCUT2D eigenvalue weighted by Gasteiger charge is -2.32. The van der Waals surface area contributed by atoms with Gasteiger partial charge in [0.15, 0.2) is 0 Å². The molecule has 2 atom stereocenters. The SMILES string of the molecule is O=C(N[C@H]1CCN2CCCC[C@@H]12)c1ccc(Cl)cc1[N+](=O)[O-]. The van der Waals surface area contributed by atoms with Crippen LogP contribution in [0.2, 0.25) is 5.02 Å². The number of nitro groups is 1. The Hall–Kier alpha value is -1.66. The summed E-state index contributed by atoms with van der Waals surface area (Å²) in [5.74, 6) is -0.388. The van der Waals surface area contributed by atoms with Gasteiger partial charge in [-0.2, -0.15) is 0 Å². The predicted octanol–water partition coefficient (Wildman–Crippen LogP) is 2.60. The largest absolute Gasteiger partial charge is 0.347 e. The molecule has 118 valence electrons. The zero-order valence-electron chi connectivity index (χ0n) is 12.1. The highest BCUT2D eigenvalue weighted by Gasteiger charge is 2.37. The van der Waals surface area contributed by atoms with E-state index in [1.807, 2.05) is 0 Å². The average molecular weight is 324 g/mol. The van der Waals surface area contributed by atoms with Crippen molar-refractivity contribution in [3.05, 3.63) is 38.9 Å². The summed E-state index contributed by atoms with van der Waals surface area (Å²) in [5.41, 5.74) is -0.174. The number of carbonyl (C=O) groups excluding carboxylic acids is 1. The van der Waals surface area contributed by atoms with Gasteiger partial charge in [-0.1, -0.05) is 18.0 Å². The highest BCUT2D eigenvalue weighted by Crippen LogP contribution is 2.28. The van der Waals surface area contributed by atoms with Crippen molar-refractivity contribution >= 4 is 23.2 Å². The molecule has 0 radical (unpaired) electrons. The number of nitrogens with zero attached hydrogens (tertiary/aromatic N) is 2. The van der Waals surface area contributed by atoms with Crippen molar-refractivity contribution in [2.75, 3.05) is 13.1 Å². The summed E-state index contributed by atoms with van der Waals surface area (Å²) in [6, 6.07) is 4.58. The van der Waals surface area contributed by atoms with Crippen LogP contribution in [0, 0.1) is 10.1 Å². The Balaban J connectivity index is 1.76. The second kappa shape index (κ2) is 6.22. The van der Waals surface area contributed by atoms with Gasteiger partial charge in [0.25, 0.3) is 11.6 Å². The molecule has 7 heteroatoms. The maximum Gasteiger partial charge on any atom is 0.283 e. The van der Waals surface area contributed by atoms with Crippen LogP contribution in [0.15, 0.2) is 18.2 Å². The first-order chi connectivity index (χ1) is 10.6. The van der Waals surface area contributed by atoms with Crippen molar-refractivity contribution in [3.63, 3.8) is 0 Å². The number of benzene rings is 1. The number of piperidine rings is 1. The molecule has 1 aromatic carbocycles. The molecule has 1 amide bonds. The molecule has 22 heavy (non-hydrogen) atoms. The van der Waals surface area contributed by atoms with E-state index in [2.05, 4.69) is 10.2 Å². The van der Waals surface area contributed by atoms with Crippen molar-refractivity contribution < 1.29 is 9.72 Å². The number of nitro benzene ring substituents is 1. The highest BCUT2D eigenvalue weighted by atomic mass is 35.5. The van der Waals surface area contributed by atoms with Crippen LogP contribution in [-0.4, -0.2) is 40.9 Å². The van der Waals surface area contributed by atoms with Gasteiger partial charge in [-0.3, -0.25) is 19.8 Å². The molecule has 2 aliphatic heterocycles. The highest BCUT2D eigenvalue weighted by molar-refractivity contribution is 6.31. The third-order valence-electron chi connectivity index (χ3n) is 4.57. The molecule has 0 bridgehead atoms. The molecule has 0 aliphatic carbocycles. The fourth-order valence-corrected chi connectivity index (χ4v) is 3.68. The average Bonchev–Trinajstić information content (AvgIpc) is 2.90. The van der Waals surface area contributed by atoms with Gasteiger partial charge < -0.3 is 5.32 Å². The lowest BCUT2D eigenvalue weighted by atomic mass is 9.98. The number of rotatable bonds is 3. The van der Waals surface area contributed by atoms with Gasteiger partial charge in [-0.05, 0) is 37.9 Å². The summed E-state index contributed by atoms with van der Waals surface area (Å²) in [5, 5.41) is 14.3. The second-order valence-corrected chi connectivity index (χ2v) is 6.32. The number of nitrogens with one attached hydrogen (secondary N) is 1. The molecule has 1 aromatic rings. The van der Waals surface area contributed by atoms with Gasteiger partial charge in [-0.15, -0.1) is 0 Å². The van der Waals surface area contributed by atoms with E-state index in [0.717, 1.165) is 25.9 Å². The van der Waals surface area contributed by atoms with Crippen LogP contribution in [0.1, 0.15) is 36.0 Å². The van der Waals surface area contributed by atoms with Gasteiger partial charge in [0, 0.05) is 29.7 Å². The number of amides is 1. The number of carbonyl (C=O) groups is 1. The summed E-state index contributed by atoms with van der Waals surface area (Å²) in [4.78, 5) is 25.4. The van der Waals surface area contributed by atoms with E-state index < -0.39 is 4.92 Å². The lowest BCUT2D eigenvalue weighted by molar-refractivity contribution is -0.385. The van der Waals surface area contributed by atoms with Crippen molar-refractivity contribution in [3.8, 4) is 0 Å². The van der Waals surface area contributed by atoms with Gasteiger partial charge >= 0.3 is 0 Å². The molecule has 1 N–H and O–H groups in total. The Labute approximate surface area is 133 Å². The van der Waals surface area contributed by atoms with Gasteiger partial charge in [0.05, 0.1) is 4.92 Å². The predicted molar refractivity (Wildman–Crippen MR) is 83.2 cm³/mol. The smallest absolute Gasteiger partial charge is 0.283 e. The summed E-state index contributed by atoms with van der Waals surface area (Å²) in [6.45, 7) is 2.07. The number of hydrogen-bond donors (Lipinski definition) is 1. The number of halogens is 1. The number of hydrogen-bond acceptors (Lipinski definition) is 4. The summed E-state index contributed by atoms with van der Waals surface area (Å²) >= 11 is 5.78. The fourth-order valence-electron chi connectivity index (χ4n) is 3.51. The van der Waals surface area contributed by atoms with E-state index in [4.69, 9.17) is 11.6 Å². The molecule has 3 rings (SSSR count). The minimum Gasteiger partial charge on any atom is -0.347 e. The maximum atomic E-state index is 12.4. The van der Waals surface area contributed by atoms with Gasteiger partial charge in [-0.25, -0.2) is 0 Å². The summed E-state index contributed by atoms with van der Waals surface area (Å²) in [6.07, 6.45) is 4.36. The zero-order valence-corrected chi connectivity index (χ0v) is 12.9. The van der Waals surface area contributed by atoms with Crippen LogP contribution >= 0.6 is 11.6 Å². The van der Waals surface area contributed by atoms with Crippen LogP contribution in [0.3, 0.4) is 0 Å². The van der Waals surface area contributed by atoms with E-state index in [1.165, 1.54) is 31.0 Å². The van der Waals surface area contributed by atoms with E-state index >= 15 is 0 Å². The molecule has 2 heterocycles. The second-order valence-electron chi connectivity index (χ2n) is 5.89. The minimum atomic E-state index is -0.567. The Bertz CT molecular complexity index is 608. The minimum absolute atomic E-state index is 0.0723. The van der Waals surface area contributed by atoms with E-state index in [0.29, 0.717) is 6.04 Å². The third kappa shape index (κ3) is 2.94. The molecule has 6 nitrogen and oxygen atoms in total. The molecule has 2 saturated heterocycles. The molecule has 0 spiro atoms. The molecule has 2 fully saturated rings. The van der Waals surface area contributed by atoms with E-state index in [-0.39, 0.29) is 28.2 Å². The van der Waals surface area contributed by atoms with Crippen molar-refractivity contribution in [2.24, 2.45) is 0 Å². The van der Waals surface area contributed by atoms with Crippen molar-refractivity contribution in [1.29, 1.82) is 0 Å². The van der Waals surface area contributed by atoms with Gasteiger partial charge in [0.1, 0.15) is 5.56 Å². The molecular formula is C15H18ClN3O3. The number of fused-ring (bicyclic) bond motifs is 1. The Morgan fingerprint density at radius 3 is 2.91 bits per heavy atom. The van der Waals surface area contributed by atoms with Crippen molar-refractivity contribution in [2.45, 2.75) is 37.8 Å². The van der Waals surface area contributed by atoms with Crippen LogP contribution in [0.4, 0.5) is 5.69 Å². The van der Waals surface area contributed by atoms with Crippen LogP contribution in [0.5, 0.6) is 0 Å². The van der Waals surface area contributed by atoms with Crippen LogP contribution in [0.25, 0.3) is 0 Å². The van der Waals surface area contributed by atoms with E-state index in [1.54, 1.807) is 0 Å². The normalized spacial score (nSPS) is 24.8. The Morgan fingerprint density at radius 1 is 1.32 bits per heavy atom. The van der Waals surface area contributed by atoms with Crippen molar-refractivity contribution in [1.82, 2.24) is 10.2 Å². The topological polar surface area (TPSA) is 75.5 Å². The molecule has 2 aliphatic rings. The molecule has 0 saturated carbocycles. The maximum absolute atomic E-state index is 12.4. The zero-order chi connectivity index (χ0) is 15.7. The first-order valence-corrected chi connectivity index (χ1v) is 7.93. The first kappa shape index (κ1) is 15.2. The standard InChI is InChI=1S/C15H18ClN3O3/c16-10-4-5-11(14(9-10)19(21)22)15(20)17-12-6-8-18-7-2-1-3-13(12)18/h4-5,9,12-13H,1-3,6-8H2,(H,17,20)/t12-,13-/m0/s1.